The average molecular weight is 314 g/mol. The molecule has 5 nitrogen and oxygen atoms in total. The summed E-state index contributed by atoms with van der Waals surface area (Å²) in [6.07, 6.45) is 9.73. The number of nitro benzene ring substituents is 1. The summed E-state index contributed by atoms with van der Waals surface area (Å²) in [6.45, 7) is 0.680. The van der Waals surface area contributed by atoms with E-state index in [0.717, 1.165) is 37.7 Å². The highest BCUT2D eigenvalue weighted by Crippen LogP contribution is 2.48. The Balaban J connectivity index is 1.57. The van der Waals surface area contributed by atoms with Gasteiger partial charge < -0.3 is 5.32 Å². The summed E-state index contributed by atoms with van der Waals surface area (Å²) in [5, 5.41) is 13.8. The molecule has 0 saturated heterocycles. The third-order valence-electron chi connectivity index (χ3n) is 4.93. The van der Waals surface area contributed by atoms with Gasteiger partial charge in [-0.1, -0.05) is 23.8 Å². The molecule has 0 aromatic heterocycles. The molecular formula is C18H22N2O3. The van der Waals surface area contributed by atoms with E-state index in [2.05, 4.69) is 11.4 Å². The molecule has 0 atom stereocenters. The molecule has 1 aromatic rings. The van der Waals surface area contributed by atoms with Crippen LogP contribution >= 0.6 is 0 Å². The molecule has 1 N–H and O–H groups in total. The monoisotopic (exact) mass is 314 g/mol. The lowest BCUT2D eigenvalue weighted by atomic mass is 9.94. The zero-order valence-electron chi connectivity index (χ0n) is 13.2. The van der Waals surface area contributed by atoms with Crippen molar-refractivity contribution in [2.45, 2.75) is 50.4 Å². The van der Waals surface area contributed by atoms with Gasteiger partial charge in [0.25, 0.3) is 5.69 Å². The van der Waals surface area contributed by atoms with Gasteiger partial charge in [0, 0.05) is 18.7 Å². The molecule has 1 amide bonds. The van der Waals surface area contributed by atoms with Crippen molar-refractivity contribution in [2.24, 2.45) is 0 Å². The molecule has 3 rings (SSSR count). The Morgan fingerprint density at radius 3 is 2.52 bits per heavy atom. The van der Waals surface area contributed by atoms with E-state index in [1.807, 2.05) is 0 Å². The van der Waals surface area contributed by atoms with E-state index in [1.165, 1.54) is 30.5 Å². The molecule has 1 aromatic carbocycles. The zero-order valence-corrected chi connectivity index (χ0v) is 13.2. The number of non-ortho nitro benzene ring substituents is 1. The van der Waals surface area contributed by atoms with E-state index in [9.17, 15) is 14.9 Å². The lowest BCUT2D eigenvalue weighted by Gasteiger charge is -2.17. The fraction of sp³-hybridized carbons (Fsp3) is 0.500. The van der Waals surface area contributed by atoms with E-state index >= 15 is 0 Å². The van der Waals surface area contributed by atoms with Gasteiger partial charge in [-0.2, -0.15) is 0 Å². The number of amides is 1. The Labute approximate surface area is 135 Å². The summed E-state index contributed by atoms with van der Waals surface area (Å²) in [5.41, 5.74) is 1.94. The number of nitrogens with zero attached hydrogens (tertiary/aromatic N) is 1. The van der Waals surface area contributed by atoms with E-state index in [4.69, 9.17) is 0 Å². The van der Waals surface area contributed by atoms with Gasteiger partial charge in [-0.3, -0.25) is 14.9 Å². The number of hydrogen-bond acceptors (Lipinski definition) is 3. The first kappa shape index (κ1) is 15.7. The van der Waals surface area contributed by atoms with Gasteiger partial charge in [0.15, 0.2) is 0 Å². The minimum Gasteiger partial charge on any atom is -0.355 e. The van der Waals surface area contributed by atoms with Crippen molar-refractivity contribution in [3.8, 4) is 0 Å². The van der Waals surface area contributed by atoms with Gasteiger partial charge in [0.05, 0.1) is 10.3 Å². The summed E-state index contributed by atoms with van der Waals surface area (Å²) < 4.78 is 0. The molecule has 0 aliphatic heterocycles. The number of allylic oxidation sites excluding steroid dienone is 1. The highest BCUT2D eigenvalue weighted by molar-refractivity contribution is 5.91. The molecule has 5 heteroatoms. The Bertz CT molecular complexity index is 630. The van der Waals surface area contributed by atoms with E-state index in [-0.39, 0.29) is 11.6 Å². The molecule has 2 aliphatic rings. The van der Waals surface area contributed by atoms with Crippen LogP contribution in [0.1, 0.15) is 50.5 Å². The maximum atomic E-state index is 12.5. The molecule has 0 heterocycles. The van der Waals surface area contributed by atoms with Crippen molar-refractivity contribution in [3.63, 3.8) is 0 Å². The Kier molecular flexibility index (Phi) is 4.46. The van der Waals surface area contributed by atoms with Crippen molar-refractivity contribution >= 4 is 11.6 Å². The van der Waals surface area contributed by atoms with Crippen LogP contribution in [0.5, 0.6) is 0 Å². The fourth-order valence-corrected chi connectivity index (χ4v) is 3.31. The zero-order chi connectivity index (χ0) is 16.3. The highest BCUT2D eigenvalue weighted by atomic mass is 16.6. The maximum Gasteiger partial charge on any atom is 0.269 e. The molecule has 0 bridgehead atoms. The second kappa shape index (κ2) is 6.52. The maximum absolute atomic E-state index is 12.5. The molecule has 1 saturated carbocycles. The van der Waals surface area contributed by atoms with Crippen molar-refractivity contribution in [2.75, 3.05) is 6.54 Å². The number of hydrogen-bond donors (Lipinski definition) is 1. The summed E-state index contributed by atoms with van der Waals surface area (Å²) in [7, 11) is 0. The standard InChI is InChI=1S/C18H22N2O3/c21-17(19-13-10-14-4-2-1-3-5-14)18(11-12-18)15-6-8-16(9-7-15)20(22)23/h4,6-9H,1-3,5,10-13H2,(H,19,21). The van der Waals surface area contributed by atoms with Gasteiger partial charge in [-0.05, 0) is 50.5 Å². The van der Waals surface area contributed by atoms with E-state index < -0.39 is 10.3 Å². The van der Waals surface area contributed by atoms with Crippen LogP contribution in [0.3, 0.4) is 0 Å². The highest BCUT2D eigenvalue weighted by Gasteiger charge is 2.51. The fourth-order valence-electron chi connectivity index (χ4n) is 3.31. The van der Waals surface area contributed by atoms with Crippen LogP contribution in [0.25, 0.3) is 0 Å². The second-order valence-corrected chi connectivity index (χ2v) is 6.50. The average Bonchev–Trinajstić information content (AvgIpc) is 3.38. The van der Waals surface area contributed by atoms with E-state index in [1.54, 1.807) is 12.1 Å². The number of nitro groups is 1. The van der Waals surface area contributed by atoms with Gasteiger partial charge in [0.1, 0.15) is 0 Å². The smallest absolute Gasteiger partial charge is 0.269 e. The van der Waals surface area contributed by atoms with Crippen LogP contribution in [0.2, 0.25) is 0 Å². The van der Waals surface area contributed by atoms with Crippen LogP contribution in [-0.2, 0) is 10.2 Å². The van der Waals surface area contributed by atoms with Crippen molar-refractivity contribution in [3.05, 3.63) is 51.6 Å². The number of rotatable bonds is 6. The predicted octanol–water partition coefficient (Wildman–Crippen LogP) is 3.63. The van der Waals surface area contributed by atoms with Crippen LogP contribution in [0, 0.1) is 10.1 Å². The van der Waals surface area contributed by atoms with Crippen LogP contribution in [0.4, 0.5) is 5.69 Å². The van der Waals surface area contributed by atoms with Gasteiger partial charge in [-0.25, -0.2) is 0 Å². The molecule has 0 spiro atoms. The number of carbonyl (C=O) groups is 1. The number of benzene rings is 1. The van der Waals surface area contributed by atoms with Crippen LogP contribution in [0.15, 0.2) is 35.9 Å². The summed E-state index contributed by atoms with van der Waals surface area (Å²) in [5.74, 6) is 0.0581. The van der Waals surface area contributed by atoms with Gasteiger partial charge in [-0.15, -0.1) is 0 Å². The first-order valence-corrected chi connectivity index (χ1v) is 8.33. The summed E-state index contributed by atoms with van der Waals surface area (Å²) >= 11 is 0. The molecule has 0 radical (unpaired) electrons. The molecule has 0 unspecified atom stereocenters. The Morgan fingerprint density at radius 1 is 1.22 bits per heavy atom. The summed E-state index contributed by atoms with van der Waals surface area (Å²) in [6, 6.07) is 6.40. The first-order chi connectivity index (χ1) is 11.1. The third-order valence-corrected chi connectivity index (χ3v) is 4.93. The minimum absolute atomic E-state index is 0.0581. The Hall–Kier alpha value is -2.17. The van der Waals surface area contributed by atoms with Crippen LogP contribution < -0.4 is 5.32 Å². The van der Waals surface area contributed by atoms with Crippen LogP contribution in [-0.4, -0.2) is 17.4 Å². The first-order valence-electron chi connectivity index (χ1n) is 8.33. The second-order valence-electron chi connectivity index (χ2n) is 6.50. The number of carbonyl (C=O) groups excluding carboxylic acids is 1. The van der Waals surface area contributed by atoms with Crippen molar-refractivity contribution in [1.29, 1.82) is 0 Å². The molecule has 1 fully saturated rings. The number of nitrogens with one attached hydrogen (secondary N) is 1. The third kappa shape index (κ3) is 3.44. The topological polar surface area (TPSA) is 72.2 Å². The lowest BCUT2D eigenvalue weighted by Crippen LogP contribution is -2.35. The summed E-state index contributed by atoms with van der Waals surface area (Å²) in [4.78, 5) is 22.8. The minimum atomic E-state index is -0.462. The SMILES string of the molecule is O=C(NCCC1=CCCCC1)C1(c2ccc([N+](=O)[O-])cc2)CC1. The molecule has 23 heavy (non-hydrogen) atoms. The largest absolute Gasteiger partial charge is 0.355 e. The molecule has 122 valence electrons. The van der Waals surface area contributed by atoms with Gasteiger partial charge >= 0.3 is 0 Å². The predicted molar refractivity (Wildman–Crippen MR) is 88.2 cm³/mol. The van der Waals surface area contributed by atoms with E-state index in [0.29, 0.717) is 6.54 Å². The Morgan fingerprint density at radius 2 is 1.96 bits per heavy atom. The normalized spacial score (nSPS) is 18.9. The molecular weight excluding hydrogens is 292 g/mol. The quantitative estimate of drug-likeness (QED) is 0.495. The van der Waals surface area contributed by atoms with Crippen molar-refractivity contribution in [1.82, 2.24) is 5.32 Å². The molecule has 2 aliphatic carbocycles. The lowest BCUT2D eigenvalue weighted by molar-refractivity contribution is -0.384. The van der Waals surface area contributed by atoms with Gasteiger partial charge in [0.2, 0.25) is 5.91 Å². The van der Waals surface area contributed by atoms with Crippen molar-refractivity contribution < 1.29 is 9.72 Å².